The maximum Gasteiger partial charge on any atom is 0.279 e. The number of benzene rings is 3. The minimum Gasteiger partial charge on any atom is -0.267 e. The molecule has 0 unspecified atom stereocenters. The van der Waals surface area contributed by atoms with Crippen molar-refractivity contribution < 1.29 is 12.8 Å². The molecule has 1 aromatic heterocycles. The molecule has 0 saturated heterocycles. The number of hydrogen-bond donors (Lipinski definition) is 1. The van der Waals surface area contributed by atoms with Gasteiger partial charge in [-0.15, -0.1) is 0 Å². The number of hydrogen-bond acceptors (Lipinski definition) is 4. The topological polar surface area (TPSA) is 81.1 Å². The highest BCUT2D eigenvalue weighted by molar-refractivity contribution is 7.89. The van der Waals surface area contributed by atoms with Crippen molar-refractivity contribution in [3.63, 3.8) is 0 Å². The molecule has 0 aliphatic heterocycles. The Kier molecular flexibility index (Phi) is 4.73. The molecule has 0 bridgehead atoms. The van der Waals surface area contributed by atoms with Crippen LogP contribution in [0.3, 0.4) is 0 Å². The monoisotopic (exact) mass is 409 g/mol. The van der Waals surface area contributed by atoms with Gasteiger partial charge in [-0.25, -0.2) is 17.5 Å². The van der Waals surface area contributed by atoms with Crippen molar-refractivity contribution in [3.8, 4) is 16.9 Å². The second-order valence-corrected chi connectivity index (χ2v) is 8.21. The smallest absolute Gasteiger partial charge is 0.267 e. The van der Waals surface area contributed by atoms with E-state index in [2.05, 4.69) is 9.82 Å². The van der Waals surface area contributed by atoms with E-state index in [1.807, 2.05) is 6.07 Å². The molecule has 4 rings (SSSR count). The summed E-state index contributed by atoms with van der Waals surface area (Å²) in [4.78, 5) is 13.0. The van der Waals surface area contributed by atoms with Gasteiger partial charge in [-0.3, -0.25) is 4.79 Å². The van der Waals surface area contributed by atoms with Crippen LogP contribution in [0.2, 0.25) is 0 Å². The van der Waals surface area contributed by atoms with Gasteiger partial charge in [-0.1, -0.05) is 30.3 Å². The summed E-state index contributed by atoms with van der Waals surface area (Å²) in [7, 11) is -2.34. The van der Waals surface area contributed by atoms with Gasteiger partial charge >= 0.3 is 0 Å². The normalized spacial score (nSPS) is 11.7. The lowest BCUT2D eigenvalue weighted by Crippen LogP contribution is -2.22. The fourth-order valence-electron chi connectivity index (χ4n) is 3.10. The zero-order valence-electron chi connectivity index (χ0n) is 15.3. The number of nitrogens with zero attached hydrogens (tertiary/aromatic N) is 2. The molecule has 4 aromatic rings. The minimum absolute atomic E-state index is 0.0621. The predicted octanol–water partition coefficient (Wildman–Crippen LogP) is 3.10. The Morgan fingerprint density at radius 1 is 0.931 bits per heavy atom. The summed E-state index contributed by atoms with van der Waals surface area (Å²) in [5.41, 5.74) is 0.914. The summed E-state index contributed by atoms with van der Waals surface area (Å²) in [5, 5.41) is 5.07. The van der Waals surface area contributed by atoms with Crippen molar-refractivity contribution in [3.05, 3.63) is 89.0 Å². The molecular weight excluding hydrogens is 393 g/mol. The molecule has 0 amide bonds. The average molecular weight is 409 g/mol. The Labute approximate surface area is 166 Å². The molecule has 8 heteroatoms. The van der Waals surface area contributed by atoms with Crippen molar-refractivity contribution in [2.24, 2.45) is 0 Å². The minimum atomic E-state index is -3.67. The molecule has 0 spiro atoms. The Morgan fingerprint density at radius 2 is 1.69 bits per heavy atom. The summed E-state index contributed by atoms with van der Waals surface area (Å²) >= 11 is 0. The highest BCUT2D eigenvalue weighted by Crippen LogP contribution is 2.27. The van der Waals surface area contributed by atoms with Gasteiger partial charge in [-0.05, 0) is 49.5 Å². The first-order valence-electron chi connectivity index (χ1n) is 8.73. The molecule has 0 atom stereocenters. The highest BCUT2D eigenvalue weighted by atomic mass is 32.2. The largest absolute Gasteiger partial charge is 0.279 e. The summed E-state index contributed by atoms with van der Waals surface area (Å²) in [6, 6.07) is 18.9. The third-order valence-electron chi connectivity index (χ3n) is 4.55. The highest BCUT2D eigenvalue weighted by Gasteiger charge is 2.17. The fraction of sp³-hybridized carbons (Fsp3) is 0.0476. The molecule has 0 aliphatic carbocycles. The van der Waals surface area contributed by atoms with Crippen molar-refractivity contribution >= 4 is 20.8 Å². The van der Waals surface area contributed by atoms with E-state index in [1.54, 1.807) is 36.4 Å². The molecule has 146 valence electrons. The van der Waals surface area contributed by atoms with Crippen LogP contribution in [0.1, 0.15) is 0 Å². The van der Waals surface area contributed by atoms with Crippen LogP contribution in [-0.2, 0) is 10.0 Å². The van der Waals surface area contributed by atoms with Gasteiger partial charge in [-0.2, -0.15) is 9.78 Å². The molecular formula is C21H16FN3O3S. The first-order chi connectivity index (χ1) is 13.9. The van der Waals surface area contributed by atoms with Crippen LogP contribution in [0.15, 0.2) is 82.5 Å². The number of aromatic nitrogens is 2. The maximum atomic E-state index is 13.9. The standard InChI is InChI=1S/C21H16FN3O3S/c1-23-29(27,28)17-9-5-6-14(12-17)20-18-11-10-15(22)13-19(18)21(26)25(24-20)16-7-3-2-4-8-16/h2-13,23H,1H3. The second-order valence-electron chi connectivity index (χ2n) is 6.33. The van der Waals surface area contributed by atoms with Gasteiger partial charge in [0.25, 0.3) is 5.56 Å². The number of sulfonamides is 1. The first kappa shape index (κ1) is 19.0. The second kappa shape index (κ2) is 7.23. The molecule has 0 saturated carbocycles. The van der Waals surface area contributed by atoms with Crippen LogP contribution < -0.4 is 10.3 Å². The van der Waals surface area contributed by atoms with Gasteiger partial charge < -0.3 is 0 Å². The lowest BCUT2D eigenvalue weighted by atomic mass is 10.0. The summed E-state index contributed by atoms with van der Waals surface area (Å²) in [6.07, 6.45) is 0. The van der Waals surface area contributed by atoms with E-state index in [-0.39, 0.29) is 10.3 Å². The maximum absolute atomic E-state index is 13.9. The third-order valence-corrected chi connectivity index (χ3v) is 5.96. The summed E-state index contributed by atoms with van der Waals surface area (Å²) in [5.74, 6) is -0.544. The number of halogens is 1. The Hall–Kier alpha value is -3.36. The average Bonchev–Trinajstić information content (AvgIpc) is 2.75. The van der Waals surface area contributed by atoms with E-state index in [9.17, 15) is 17.6 Å². The van der Waals surface area contributed by atoms with Crippen molar-refractivity contribution in [2.45, 2.75) is 4.90 Å². The van der Waals surface area contributed by atoms with E-state index >= 15 is 0 Å². The SMILES string of the molecule is CNS(=O)(=O)c1cccc(-c2nn(-c3ccccc3)c(=O)c3cc(F)ccc23)c1. The van der Waals surface area contributed by atoms with E-state index in [1.165, 1.54) is 36.0 Å². The van der Waals surface area contributed by atoms with Crippen molar-refractivity contribution in [1.82, 2.24) is 14.5 Å². The predicted molar refractivity (Wildman–Crippen MR) is 109 cm³/mol. The van der Waals surface area contributed by atoms with Crippen LogP contribution in [0.5, 0.6) is 0 Å². The number of nitrogens with one attached hydrogen (secondary N) is 1. The van der Waals surface area contributed by atoms with Crippen LogP contribution >= 0.6 is 0 Å². The van der Waals surface area contributed by atoms with Gasteiger partial charge in [0.2, 0.25) is 10.0 Å². The summed E-state index contributed by atoms with van der Waals surface area (Å²) < 4.78 is 41.8. The Balaban J connectivity index is 2.07. The lowest BCUT2D eigenvalue weighted by molar-refractivity contribution is 0.588. The molecule has 0 fully saturated rings. The number of para-hydroxylation sites is 1. The molecule has 0 aliphatic rings. The van der Waals surface area contributed by atoms with Gasteiger partial charge in [0.15, 0.2) is 0 Å². The Bertz CT molecular complexity index is 1380. The molecule has 3 aromatic carbocycles. The molecule has 0 radical (unpaired) electrons. The lowest BCUT2D eigenvalue weighted by Gasteiger charge is -2.12. The zero-order chi connectivity index (χ0) is 20.6. The number of fused-ring (bicyclic) bond motifs is 1. The van der Waals surface area contributed by atoms with Crippen LogP contribution in [0.4, 0.5) is 4.39 Å². The fourth-order valence-corrected chi connectivity index (χ4v) is 3.87. The van der Waals surface area contributed by atoms with E-state index in [4.69, 9.17) is 0 Å². The molecule has 1 heterocycles. The molecule has 1 N–H and O–H groups in total. The van der Waals surface area contributed by atoms with E-state index in [0.717, 1.165) is 6.07 Å². The van der Waals surface area contributed by atoms with Crippen LogP contribution in [-0.4, -0.2) is 25.2 Å². The quantitative estimate of drug-likeness (QED) is 0.562. The first-order valence-corrected chi connectivity index (χ1v) is 10.2. The van der Waals surface area contributed by atoms with Crippen molar-refractivity contribution in [1.29, 1.82) is 0 Å². The van der Waals surface area contributed by atoms with E-state index in [0.29, 0.717) is 22.3 Å². The molecule has 6 nitrogen and oxygen atoms in total. The van der Waals surface area contributed by atoms with Crippen LogP contribution in [0.25, 0.3) is 27.7 Å². The van der Waals surface area contributed by atoms with Crippen molar-refractivity contribution in [2.75, 3.05) is 7.05 Å². The summed E-state index contributed by atoms with van der Waals surface area (Å²) in [6.45, 7) is 0. The number of rotatable bonds is 4. The van der Waals surface area contributed by atoms with Gasteiger partial charge in [0.05, 0.1) is 21.7 Å². The van der Waals surface area contributed by atoms with Crippen LogP contribution in [0, 0.1) is 5.82 Å². The van der Waals surface area contributed by atoms with E-state index < -0.39 is 21.4 Å². The molecule has 29 heavy (non-hydrogen) atoms. The third kappa shape index (κ3) is 3.43. The van der Waals surface area contributed by atoms with Gasteiger partial charge in [0.1, 0.15) is 5.82 Å². The zero-order valence-corrected chi connectivity index (χ0v) is 16.2. The van der Waals surface area contributed by atoms with Gasteiger partial charge in [0, 0.05) is 10.9 Å². The Morgan fingerprint density at radius 3 is 2.41 bits per heavy atom.